The van der Waals surface area contributed by atoms with Gasteiger partial charge in [-0.2, -0.15) is 0 Å². The summed E-state index contributed by atoms with van der Waals surface area (Å²) in [6, 6.07) is -0.00663. The molecule has 1 atom stereocenters. The summed E-state index contributed by atoms with van der Waals surface area (Å²) in [6.07, 6.45) is 6.47. The molecule has 2 fully saturated rings. The van der Waals surface area contributed by atoms with Crippen molar-refractivity contribution in [2.75, 3.05) is 13.2 Å². The third kappa shape index (κ3) is 3.69. The second-order valence-corrected chi connectivity index (χ2v) is 5.94. The van der Waals surface area contributed by atoms with Gasteiger partial charge in [0.15, 0.2) is 0 Å². The van der Waals surface area contributed by atoms with E-state index in [4.69, 9.17) is 10.5 Å². The molecular formula is C14H26N2O2. The van der Waals surface area contributed by atoms with Gasteiger partial charge in [-0.25, -0.2) is 0 Å². The summed E-state index contributed by atoms with van der Waals surface area (Å²) in [7, 11) is 0. The summed E-state index contributed by atoms with van der Waals surface area (Å²) in [5.74, 6) is 1.14. The van der Waals surface area contributed by atoms with E-state index >= 15 is 0 Å². The molecule has 4 nitrogen and oxygen atoms in total. The molecule has 1 aliphatic carbocycles. The molecule has 1 unspecified atom stereocenters. The quantitative estimate of drug-likeness (QED) is 0.801. The molecule has 1 saturated heterocycles. The summed E-state index contributed by atoms with van der Waals surface area (Å²) in [5.41, 5.74) is 6.07. The van der Waals surface area contributed by atoms with Crippen LogP contribution in [0.2, 0.25) is 0 Å². The zero-order chi connectivity index (χ0) is 13.0. The summed E-state index contributed by atoms with van der Waals surface area (Å²) < 4.78 is 5.30. The second-order valence-electron chi connectivity index (χ2n) is 5.94. The first-order chi connectivity index (χ1) is 8.66. The first kappa shape index (κ1) is 13.8. The Bertz CT molecular complexity index is 269. The van der Waals surface area contributed by atoms with Crippen LogP contribution in [0.4, 0.5) is 0 Å². The van der Waals surface area contributed by atoms with Gasteiger partial charge < -0.3 is 15.8 Å². The van der Waals surface area contributed by atoms with Crippen LogP contribution in [0.5, 0.6) is 0 Å². The fourth-order valence-corrected chi connectivity index (χ4v) is 2.99. The summed E-state index contributed by atoms with van der Waals surface area (Å²) in [6.45, 7) is 3.77. The van der Waals surface area contributed by atoms with Gasteiger partial charge in [0, 0.05) is 19.3 Å². The van der Waals surface area contributed by atoms with E-state index in [-0.39, 0.29) is 11.9 Å². The number of carbonyl (C=O) groups is 1. The van der Waals surface area contributed by atoms with Gasteiger partial charge in [-0.15, -0.1) is 0 Å². The number of amides is 1. The van der Waals surface area contributed by atoms with E-state index in [2.05, 4.69) is 12.2 Å². The van der Waals surface area contributed by atoms with Crippen LogP contribution in [-0.4, -0.2) is 31.2 Å². The number of carbonyl (C=O) groups excluding carboxylic acids is 1. The van der Waals surface area contributed by atoms with E-state index in [1.807, 2.05) is 0 Å². The van der Waals surface area contributed by atoms with E-state index in [1.165, 1.54) is 12.8 Å². The number of hydrogen-bond donors (Lipinski definition) is 2. The fraction of sp³-hybridized carbons (Fsp3) is 0.929. The largest absolute Gasteiger partial charge is 0.381 e. The highest BCUT2D eigenvalue weighted by Gasteiger charge is 2.28. The SMILES string of the molecule is CC1CCC(NC(=O)C(N)C2CCOCC2)CC1. The molecule has 1 saturated carbocycles. The van der Waals surface area contributed by atoms with Crippen LogP contribution in [0.1, 0.15) is 45.4 Å². The van der Waals surface area contributed by atoms with Gasteiger partial charge in [-0.05, 0) is 50.4 Å². The third-order valence-electron chi connectivity index (χ3n) is 4.44. The van der Waals surface area contributed by atoms with Crippen molar-refractivity contribution in [3.05, 3.63) is 0 Å². The van der Waals surface area contributed by atoms with Crippen LogP contribution in [-0.2, 0) is 9.53 Å². The molecule has 0 aromatic rings. The predicted molar refractivity (Wildman–Crippen MR) is 71.1 cm³/mol. The van der Waals surface area contributed by atoms with Crippen molar-refractivity contribution in [1.82, 2.24) is 5.32 Å². The average Bonchev–Trinajstić information content (AvgIpc) is 2.41. The van der Waals surface area contributed by atoms with Crippen LogP contribution in [0.3, 0.4) is 0 Å². The topological polar surface area (TPSA) is 64.4 Å². The molecule has 18 heavy (non-hydrogen) atoms. The molecule has 0 bridgehead atoms. The molecule has 104 valence electrons. The lowest BCUT2D eigenvalue weighted by Crippen LogP contribution is -2.50. The molecule has 0 spiro atoms. The van der Waals surface area contributed by atoms with Crippen LogP contribution in [0.25, 0.3) is 0 Å². The van der Waals surface area contributed by atoms with Gasteiger partial charge in [0.1, 0.15) is 0 Å². The Kier molecular flexibility index (Phi) is 5.01. The minimum Gasteiger partial charge on any atom is -0.381 e. The number of nitrogens with one attached hydrogen (secondary N) is 1. The highest BCUT2D eigenvalue weighted by atomic mass is 16.5. The molecule has 2 aliphatic rings. The molecule has 1 amide bonds. The van der Waals surface area contributed by atoms with Crippen molar-refractivity contribution in [2.24, 2.45) is 17.6 Å². The molecule has 4 heteroatoms. The Morgan fingerprint density at radius 1 is 1.17 bits per heavy atom. The van der Waals surface area contributed by atoms with Gasteiger partial charge in [0.05, 0.1) is 6.04 Å². The highest BCUT2D eigenvalue weighted by molar-refractivity contribution is 5.82. The van der Waals surface area contributed by atoms with Crippen molar-refractivity contribution >= 4 is 5.91 Å². The zero-order valence-corrected chi connectivity index (χ0v) is 11.4. The van der Waals surface area contributed by atoms with E-state index in [1.54, 1.807) is 0 Å². The van der Waals surface area contributed by atoms with Crippen LogP contribution >= 0.6 is 0 Å². The lowest BCUT2D eigenvalue weighted by Gasteiger charge is -2.31. The lowest BCUT2D eigenvalue weighted by atomic mass is 9.86. The number of rotatable bonds is 3. The first-order valence-electron chi connectivity index (χ1n) is 7.30. The molecule has 1 heterocycles. The zero-order valence-electron chi connectivity index (χ0n) is 11.4. The number of nitrogens with two attached hydrogens (primary N) is 1. The van der Waals surface area contributed by atoms with Crippen molar-refractivity contribution in [3.63, 3.8) is 0 Å². The van der Waals surface area contributed by atoms with E-state index in [9.17, 15) is 4.79 Å². The smallest absolute Gasteiger partial charge is 0.237 e. The fourth-order valence-electron chi connectivity index (χ4n) is 2.99. The van der Waals surface area contributed by atoms with Crippen molar-refractivity contribution in [3.8, 4) is 0 Å². The minimum absolute atomic E-state index is 0.0430. The maximum atomic E-state index is 12.1. The third-order valence-corrected chi connectivity index (χ3v) is 4.44. The summed E-state index contributed by atoms with van der Waals surface area (Å²) in [4.78, 5) is 12.1. The van der Waals surface area contributed by atoms with Gasteiger partial charge in [0.25, 0.3) is 0 Å². The maximum Gasteiger partial charge on any atom is 0.237 e. The molecule has 0 radical (unpaired) electrons. The van der Waals surface area contributed by atoms with Crippen molar-refractivity contribution in [2.45, 2.75) is 57.5 Å². The van der Waals surface area contributed by atoms with Gasteiger partial charge >= 0.3 is 0 Å². The predicted octanol–water partition coefficient (Wildman–Crippen LogP) is 1.44. The van der Waals surface area contributed by atoms with E-state index in [0.29, 0.717) is 12.0 Å². The Hall–Kier alpha value is -0.610. The Morgan fingerprint density at radius 3 is 2.39 bits per heavy atom. The lowest BCUT2D eigenvalue weighted by molar-refractivity contribution is -0.125. The number of ether oxygens (including phenoxy) is 1. The Labute approximate surface area is 110 Å². The summed E-state index contributed by atoms with van der Waals surface area (Å²) in [5, 5.41) is 3.13. The van der Waals surface area contributed by atoms with Gasteiger partial charge in [-0.3, -0.25) is 4.79 Å². The van der Waals surface area contributed by atoms with E-state index < -0.39 is 0 Å². The highest BCUT2D eigenvalue weighted by Crippen LogP contribution is 2.24. The van der Waals surface area contributed by atoms with E-state index in [0.717, 1.165) is 44.8 Å². The standard InChI is InChI=1S/C14H26N2O2/c1-10-2-4-12(5-3-10)16-14(17)13(15)11-6-8-18-9-7-11/h10-13H,2-9,15H2,1H3,(H,16,17). The van der Waals surface area contributed by atoms with Crippen LogP contribution in [0, 0.1) is 11.8 Å². The molecule has 0 aromatic carbocycles. The average molecular weight is 254 g/mol. The van der Waals surface area contributed by atoms with Gasteiger partial charge in [0.2, 0.25) is 5.91 Å². The maximum absolute atomic E-state index is 12.1. The molecular weight excluding hydrogens is 228 g/mol. The molecule has 0 aromatic heterocycles. The molecule has 2 rings (SSSR count). The normalized spacial score (nSPS) is 31.9. The second kappa shape index (κ2) is 6.53. The minimum atomic E-state index is -0.353. The van der Waals surface area contributed by atoms with Crippen molar-refractivity contribution < 1.29 is 9.53 Å². The van der Waals surface area contributed by atoms with Crippen LogP contribution < -0.4 is 11.1 Å². The number of hydrogen-bond acceptors (Lipinski definition) is 3. The monoisotopic (exact) mass is 254 g/mol. The Morgan fingerprint density at radius 2 is 1.78 bits per heavy atom. The van der Waals surface area contributed by atoms with Crippen molar-refractivity contribution in [1.29, 1.82) is 0 Å². The Balaban J connectivity index is 1.76. The van der Waals surface area contributed by atoms with Crippen LogP contribution in [0.15, 0.2) is 0 Å². The summed E-state index contributed by atoms with van der Waals surface area (Å²) >= 11 is 0. The molecule has 3 N–H and O–H groups in total. The first-order valence-corrected chi connectivity index (χ1v) is 7.30. The molecule has 1 aliphatic heterocycles. The van der Waals surface area contributed by atoms with Gasteiger partial charge in [-0.1, -0.05) is 6.92 Å².